The van der Waals surface area contributed by atoms with Crippen molar-refractivity contribution in [2.24, 2.45) is 0 Å². The van der Waals surface area contributed by atoms with Crippen LogP contribution in [0.1, 0.15) is 12.5 Å². The fourth-order valence-corrected chi connectivity index (χ4v) is 1.84. The molecule has 0 saturated heterocycles. The number of aryl methyl sites for hydroxylation is 1. The van der Waals surface area contributed by atoms with Crippen molar-refractivity contribution < 1.29 is 13.0 Å². The van der Waals surface area contributed by atoms with Gasteiger partial charge in [-0.05, 0) is 18.1 Å². The molecule has 0 aliphatic heterocycles. The molecule has 0 fully saturated rings. The van der Waals surface area contributed by atoms with Crippen LogP contribution in [0.25, 0.3) is 0 Å². The first kappa shape index (κ1) is 13.1. The third kappa shape index (κ3) is 3.40. The van der Waals surface area contributed by atoms with E-state index in [1.807, 2.05) is 6.92 Å². The Hall–Kier alpha value is 0.130. The van der Waals surface area contributed by atoms with Gasteiger partial charge in [-0.2, -0.15) is 8.42 Å². The zero-order valence-corrected chi connectivity index (χ0v) is 7.50. The second-order valence-electron chi connectivity index (χ2n) is 2.44. The minimum absolute atomic E-state index is 0. The van der Waals surface area contributed by atoms with Crippen LogP contribution >= 0.6 is 0 Å². The standard InChI is InChI=1S/C8H10O3S.Na.H/c1-2-7-5-3-4-6-8(7)12(9,10)11;;/h3-6H,2H2,1H3,(H,9,10,11);;. The summed E-state index contributed by atoms with van der Waals surface area (Å²) < 4.78 is 30.3. The molecular weight excluding hydrogens is 199 g/mol. The van der Waals surface area contributed by atoms with Gasteiger partial charge in [-0.15, -0.1) is 0 Å². The van der Waals surface area contributed by atoms with E-state index in [9.17, 15) is 8.42 Å². The summed E-state index contributed by atoms with van der Waals surface area (Å²) in [5, 5.41) is 0. The topological polar surface area (TPSA) is 54.4 Å². The van der Waals surface area contributed by atoms with Gasteiger partial charge in [0.15, 0.2) is 0 Å². The van der Waals surface area contributed by atoms with E-state index in [0.717, 1.165) is 0 Å². The zero-order valence-electron chi connectivity index (χ0n) is 6.69. The molecule has 5 heteroatoms. The Morgan fingerprint density at radius 1 is 1.31 bits per heavy atom. The summed E-state index contributed by atoms with van der Waals surface area (Å²) in [6.07, 6.45) is 0.593. The van der Waals surface area contributed by atoms with Crippen molar-refractivity contribution in [3.63, 3.8) is 0 Å². The predicted molar refractivity (Wildman–Crippen MR) is 52.8 cm³/mol. The molecule has 68 valence electrons. The van der Waals surface area contributed by atoms with Crippen LogP contribution in [0.4, 0.5) is 0 Å². The average molecular weight is 210 g/mol. The van der Waals surface area contributed by atoms with E-state index in [1.165, 1.54) is 6.07 Å². The van der Waals surface area contributed by atoms with Crippen LogP contribution in [0.5, 0.6) is 0 Å². The summed E-state index contributed by atoms with van der Waals surface area (Å²) in [4.78, 5) is 0.00694. The van der Waals surface area contributed by atoms with Gasteiger partial charge in [-0.25, -0.2) is 0 Å². The van der Waals surface area contributed by atoms with Crippen molar-refractivity contribution in [2.75, 3.05) is 0 Å². The zero-order chi connectivity index (χ0) is 9.19. The van der Waals surface area contributed by atoms with E-state index >= 15 is 0 Å². The molecule has 0 bridgehead atoms. The molecule has 1 aromatic rings. The van der Waals surface area contributed by atoms with Crippen molar-refractivity contribution in [1.29, 1.82) is 0 Å². The van der Waals surface area contributed by atoms with Crippen molar-refractivity contribution in [1.82, 2.24) is 0 Å². The van der Waals surface area contributed by atoms with Gasteiger partial charge in [0.1, 0.15) is 0 Å². The van der Waals surface area contributed by atoms with Crippen molar-refractivity contribution in [3.8, 4) is 0 Å². The molecular formula is C8H11NaO3S. The summed E-state index contributed by atoms with van der Waals surface area (Å²) in [5.41, 5.74) is 0.639. The van der Waals surface area contributed by atoms with Gasteiger partial charge in [-0.1, -0.05) is 25.1 Å². The van der Waals surface area contributed by atoms with E-state index in [1.54, 1.807) is 18.2 Å². The average Bonchev–Trinajstić information content (AvgIpc) is 2.03. The molecule has 1 rings (SSSR count). The molecule has 13 heavy (non-hydrogen) atoms. The fraction of sp³-hybridized carbons (Fsp3) is 0.250. The first-order valence-corrected chi connectivity index (χ1v) is 5.05. The third-order valence-corrected chi connectivity index (χ3v) is 2.59. The van der Waals surface area contributed by atoms with Crippen LogP contribution in [0.15, 0.2) is 29.2 Å². The second kappa shape index (κ2) is 5.12. The Kier molecular flexibility index (Phi) is 5.17. The normalized spacial score (nSPS) is 10.6. The molecule has 0 aliphatic carbocycles. The van der Waals surface area contributed by atoms with Gasteiger partial charge in [0.2, 0.25) is 0 Å². The Bertz CT molecular complexity index is 373. The summed E-state index contributed by atoms with van der Waals surface area (Å²) in [5.74, 6) is 0. The molecule has 0 aliphatic rings. The number of hydrogen-bond acceptors (Lipinski definition) is 2. The van der Waals surface area contributed by atoms with Crippen molar-refractivity contribution in [3.05, 3.63) is 29.8 Å². The van der Waals surface area contributed by atoms with Crippen LogP contribution in [0.3, 0.4) is 0 Å². The molecule has 0 radical (unpaired) electrons. The van der Waals surface area contributed by atoms with E-state index in [2.05, 4.69) is 0 Å². The van der Waals surface area contributed by atoms with E-state index in [4.69, 9.17) is 4.55 Å². The second-order valence-corrected chi connectivity index (χ2v) is 3.83. The van der Waals surface area contributed by atoms with Gasteiger partial charge in [0.05, 0.1) is 4.90 Å². The summed E-state index contributed by atoms with van der Waals surface area (Å²) in [6, 6.07) is 6.41. The first-order valence-electron chi connectivity index (χ1n) is 3.61. The van der Waals surface area contributed by atoms with Gasteiger partial charge < -0.3 is 0 Å². The number of hydrogen-bond donors (Lipinski definition) is 1. The van der Waals surface area contributed by atoms with E-state index in [-0.39, 0.29) is 34.5 Å². The molecule has 0 amide bonds. The van der Waals surface area contributed by atoms with Crippen molar-refractivity contribution in [2.45, 2.75) is 18.2 Å². The fourth-order valence-electron chi connectivity index (χ4n) is 1.05. The van der Waals surface area contributed by atoms with Crippen molar-refractivity contribution >= 4 is 39.7 Å². The molecule has 1 N–H and O–H groups in total. The Labute approximate surface area is 100 Å². The Balaban J connectivity index is 0.00000144. The molecule has 0 spiro atoms. The Morgan fingerprint density at radius 2 is 1.85 bits per heavy atom. The summed E-state index contributed by atoms with van der Waals surface area (Å²) in [6.45, 7) is 1.84. The van der Waals surface area contributed by atoms with Gasteiger partial charge in [-0.3, -0.25) is 4.55 Å². The monoisotopic (exact) mass is 210 g/mol. The molecule has 3 nitrogen and oxygen atoms in total. The van der Waals surface area contributed by atoms with Gasteiger partial charge in [0, 0.05) is 0 Å². The molecule has 0 heterocycles. The van der Waals surface area contributed by atoms with E-state index < -0.39 is 10.1 Å². The quantitative estimate of drug-likeness (QED) is 0.581. The summed E-state index contributed by atoms with van der Waals surface area (Å²) >= 11 is 0. The maximum atomic E-state index is 10.8. The van der Waals surface area contributed by atoms with Crippen LogP contribution in [0.2, 0.25) is 0 Å². The summed E-state index contributed by atoms with van der Waals surface area (Å²) in [7, 11) is -4.05. The number of rotatable bonds is 2. The SMILES string of the molecule is CCc1ccccc1S(=O)(=O)O.[NaH]. The maximum absolute atomic E-state index is 10.8. The van der Waals surface area contributed by atoms with Crippen LogP contribution < -0.4 is 0 Å². The number of benzene rings is 1. The van der Waals surface area contributed by atoms with E-state index in [0.29, 0.717) is 12.0 Å². The third-order valence-electron chi connectivity index (χ3n) is 1.63. The van der Waals surface area contributed by atoms with Gasteiger partial charge in [0.25, 0.3) is 10.1 Å². The Morgan fingerprint density at radius 3 is 2.23 bits per heavy atom. The van der Waals surface area contributed by atoms with Crippen LogP contribution in [-0.4, -0.2) is 42.5 Å². The van der Waals surface area contributed by atoms with Gasteiger partial charge >= 0.3 is 29.6 Å². The van der Waals surface area contributed by atoms with Crippen LogP contribution in [-0.2, 0) is 16.5 Å². The molecule has 0 unspecified atom stereocenters. The predicted octanol–water partition coefficient (Wildman–Crippen LogP) is 0.847. The van der Waals surface area contributed by atoms with Crippen LogP contribution in [0, 0.1) is 0 Å². The minimum atomic E-state index is -4.05. The molecule has 0 atom stereocenters. The molecule has 1 aromatic carbocycles. The molecule has 0 saturated carbocycles. The molecule has 0 aromatic heterocycles. The first-order chi connectivity index (χ1) is 5.55.